The average Bonchev–Trinajstić information content (AvgIpc) is 2.57. The topological polar surface area (TPSA) is 49.6 Å². The number of anilines is 1. The molecule has 0 unspecified atom stereocenters. The van der Waals surface area contributed by atoms with Crippen LogP contribution < -0.4 is 10.6 Å². The zero-order valence-electron chi connectivity index (χ0n) is 14.1. The summed E-state index contributed by atoms with van der Waals surface area (Å²) in [5.74, 6) is 0.240. The molecule has 1 fully saturated rings. The number of rotatable bonds is 5. The van der Waals surface area contributed by atoms with Crippen LogP contribution in [0.25, 0.3) is 0 Å². The minimum absolute atomic E-state index is 0.240. The number of hydrogen-bond donors (Lipinski definition) is 1. The quantitative estimate of drug-likeness (QED) is 0.909. The molecule has 4 heteroatoms. The van der Waals surface area contributed by atoms with E-state index in [4.69, 9.17) is 5.73 Å². The van der Waals surface area contributed by atoms with E-state index in [2.05, 4.69) is 49.9 Å². The molecule has 122 valence electrons. The van der Waals surface area contributed by atoms with Crippen molar-refractivity contribution in [3.63, 3.8) is 0 Å². The van der Waals surface area contributed by atoms with Crippen molar-refractivity contribution in [1.82, 2.24) is 4.90 Å². The Hall–Kier alpha value is -1.55. The molecule has 0 saturated carbocycles. The van der Waals surface area contributed by atoms with Gasteiger partial charge in [-0.3, -0.25) is 4.79 Å². The number of para-hydroxylation sites is 1. The predicted octanol–water partition coefficient (Wildman–Crippen LogP) is 2.41. The molecule has 2 N–H and O–H groups in total. The third-order valence-electron chi connectivity index (χ3n) is 5.22. The van der Waals surface area contributed by atoms with Crippen molar-refractivity contribution in [2.75, 3.05) is 37.6 Å². The van der Waals surface area contributed by atoms with Crippen molar-refractivity contribution in [1.29, 1.82) is 0 Å². The summed E-state index contributed by atoms with van der Waals surface area (Å²) in [4.78, 5) is 17.2. The molecule has 1 aromatic rings. The first-order chi connectivity index (χ1) is 10.6. The maximum atomic E-state index is 12.9. The standard InChI is InChI=1S/C18H29N3O/c1-4-18(5-2,14-19)17(22)21-12-10-20(11-13-21)16-9-7-6-8-15(16)3/h6-9H,4-5,10-14,19H2,1-3H3. The van der Waals surface area contributed by atoms with Crippen LogP contribution in [0.15, 0.2) is 24.3 Å². The number of amides is 1. The highest BCUT2D eigenvalue weighted by atomic mass is 16.2. The lowest BCUT2D eigenvalue weighted by molar-refractivity contribution is -0.142. The molecule has 0 aromatic heterocycles. The molecular weight excluding hydrogens is 274 g/mol. The fourth-order valence-electron chi connectivity index (χ4n) is 3.33. The molecular formula is C18H29N3O. The number of carbonyl (C=O) groups excluding carboxylic acids is 1. The second kappa shape index (κ2) is 7.14. The SMILES string of the molecule is CCC(CC)(CN)C(=O)N1CCN(c2ccccc2C)CC1. The minimum atomic E-state index is -0.370. The molecule has 1 aliphatic rings. The number of nitrogens with zero attached hydrogens (tertiary/aromatic N) is 2. The van der Waals surface area contributed by atoms with Gasteiger partial charge in [0.05, 0.1) is 5.41 Å². The molecule has 0 atom stereocenters. The summed E-state index contributed by atoms with van der Waals surface area (Å²) in [6, 6.07) is 8.44. The summed E-state index contributed by atoms with van der Waals surface area (Å²) in [6.07, 6.45) is 1.63. The van der Waals surface area contributed by atoms with E-state index in [1.165, 1.54) is 11.3 Å². The Morgan fingerprint density at radius 2 is 1.73 bits per heavy atom. The third kappa shape index (κ3) is 3.12. The van der Waals surface area contributed by atoms with Gasteiger partial charge in [-0.1, -0.05) is 32.0 Å². The predicted molar refractivity (Wildman–Crippen MR) is 92.0 cm³/mol. The van der Waals surface area contributed by atoms with Crippen molar-refractivity contribution in [3.8, 4) is 0 Å². The molecule has 0 radical (unpaired) electrons. The van der Waals surface area contributed by atoms with E-state index in [1.54, 1.807) is 0 Å². The molecule has 1 aliphatic heterocycles. The van der Waals surface area contributed by atoms with E-state index in [9.17, 15) is 4.79 Å². The Kier molecular flexibility index (Phi) is 5.46. The molecule has 4 nitrogen and oxygen atoms in total. The molecule has 22 heavy (non-hydrogen) atoms. The molecule has 2 rings (SSSR count). The molecule has 1 aromatic carbocycles. The van der Waals surface area contributed by atoms with Crippen LogP contribution in [-0.4, -0.2) is 43.5 Å². The number of piperazine rings is 1. The molecule has 1 saturated heterocycles. The van der Waals surface area contributed by atoms with E-state index in [1.807, 2.05) is 4.90 Å². The summed E-state index contributed by atoms with van der Waals surface area (Å²) < 4.78 is 0. The van der Waals surface area contributed by atoms with Gasteiger partial charge in [0.2, 0.25) is 5.91 Å². The van der Waals surface area contributed by atoms with E-state index < -0.39 is 0 Å². The van der Waals surface area contributed by atoms with Gasteiger partial charge >= 0.3 is 0 Å². The van der Waals surface area contributed by atoms with E-state index >= 15 is 0 Å². The van der Waals surface area contributed by atoms with Crippen LogP contribution in [0.5, 0.6) is 0 Å². The van der Waals surface area contributed by atoms with Crippen LogP contribution in [0.1, 0.15) is 32.3 Å². The molecule has 1 amide bonds. The van der Waals surface area contributed by atoms with Gasteiger partial charge in [0, 0.05) is 38.4 Å². The normalized spacial score (nSPS) is 16.0. The minimum Gasteiger partial charge on any atom is -0.368 e. The fraction of sp³-hybridized carbons (Fsp3) is 0.611. The number of aryl methyl sites for hydroxylation is 1. The van der Waals surface area contributed by atoms with Crippen LogP contribution in [0.2, 0.25) is 0 Å². The molecule has 0 aliphatic carbocycles. The van der Waals surface area contributed by atoms with E-state index in [0.717, 1.165) is 39.0 Å². The van der Waals surface area contributed by atoms with Crippen LogP contribution >= 0.6 is 0 Å². The van der Waals surface area contributed by atoms with Gasteiger partial charge in [0.15, 0.2) is 0 Å². The van der Waals surface area contributed by atoms with Crippen molar-refractivity contribution < 1.29 is 4.79 Å². The maximum Gasteiger partial charge on any atom is 0.230 e. The lowest BCUT2D eigenvalue weighted by Gasteiger charge is -2.41. The summed E-state index contributed by atoms with van der Waals surface area (Å²) in [7, 11) is 0. The van der Waals surface area contributed by atoms with Gasteiger partial charge in [-0.15, -0.1) is 0 Å². The first kappa shape index (κ1) is 16.8. The second-order valence-electron chi connectivity index (χ2n) is 6.26. The average molecular weight is 303 g/mol. The van der Waals surface area contributed by atoms with Gasteiger partial charge < -0.3 is 15.5 Å². The number of nitrogens with two attached hydrogens (primary N) is 1. The maximum absolute atomic E-state index is 12.9. The van der Waals surface area contributed by atoms with Gasteiger partial charge in [0.25, 0.3) is 0 Å². The summed E-state index contributed by atoms with van der Waals surface area (Å²) in [6.45, 7) is 10.1. The van der Waals surface area contributed by atoms with Crippen molar-refractivity contribution in [2.45, 2.75) is 33.6 Å². The summed E-state index contributed by atoms with van der Waals surface area (Å²) >= 11 is 0. The summed E-state index contributed by atoms with van der Waals surface area (Å²) in [5, 5.41) is 0. The smallest absolute Gasteiger partial charge is 0.230 e. The zero-order chi connectivity index (χ0) is 16.2. The van der Waals surface area contributed by atoms with E-state index in [-0.39, 0.29) is 11.3 Å². The van der Waals surface area contributed by atoms with E-state index in [0.29, 0.717) is 6.54 Å². The lowest BCUT2D eigenvalue weighted by Crippen LogP contribution is -2.55. The van der Waals surface area contributed by atoms with Crippen LogP contribution in [0.3, 0.4) is 0 Å². The lowest BCUT2D eigenvalue weighted by atomic mass is 9.81. The number of carbonyl (C=O) groups is 1. The van der Waals surface area contributed by atoms with Crippen LogP contribution in [-0.2, 0) is 4.79 Å². The third-order valence-corrected chi connectivity index (χ3v) is 5.22. The Morgan fingerprint density at radius 1 is 1.14 bits per heavy atom. The second-order valence-corrected chi connectivity index (χ2v) is 6.26. The van der Waals surface area contributed by atoms with Gasteiger partial charge in [0.1, 0.15) is 0 Å². The van der Waals surface area contributed by atoms with Gasteiger partial charge in [-0.2, -0.15) is 0 Å². The highest BCUT2D eigenvalue weighted by Crippen LogP contribution is 2.29. The number of benzene rings is 1. The van der Waals surface area contributed by atoms with Crippen molar-refractivity contribution in [2.24, 2.45) is 11.1 Å². The van der Waals surface area contributed by atoms with Crippen LogP contribution in [0, 0.1) is 12.3 Å². The Morgan fingerprint density at radius 3 is 2.23 bits per heavy atom. The largest absolute Gasteiger partial charge is 0.368 e. The monoisotopic (exact) mass is 303 g/mol. The Bertz CT molecular complexity index is 495. The van der Waals surface area contributed by atoms with Crippen LogP contribution in [0.4, 0.5) is 5.69 Å². The van der Waals surface area contributed by atoms with Gasteiger partial charge in [-0.05, 0) is 31.4 Å². The summed E-state index contributed by atoms with van der Waals surface area (Å²) in [5.41, 5.74) is 8.12. The molecule has 0 spiro atoms. The van der Waals surface area contributed by atoms with Crippen molar-refractivity contribution >= 4 is 11.6 Å². The molecule has 1 heterocycles. The van der Waals surface area contributed by atoms with Gasteiger partial charge in [-0.25, -0.2) is 0 Å². The zero-order valence-corrected chi connectivity index (χ0v) is 14.1. The number of hydrogen-bond acceptors (Lipinski definition) is 3. The first-order valence-electron chi connectivity index (χ1n) is 8.38. The molecule has 0 bridgehead atoms. The highest BCUT2D eigenvalue weighted by molar-refractivity contribution is 5.83. The first-order valence-corrected chi connectivity index (χ1v) is 8.38. The Balaban J connectivity index is 2.03. The fourth-order valence-corrected chi connectivity index (χ4v) is 3.33. The Labute approximate surface area is 134 Å². The highest BCUT2D eigenvalue weighted by Gasteiger charge is 2.37. The van der Waals surface area contributed by atoms with Crippen molar-refractivity contribution in [3.05, 3.63) is 29.8 Å².